The van der Waals surface area contributed by atoms with E-state index in [4.69, 9.17) is 4.84 Å². The average molecular weight is 979 g/mol. The SMILES string of the molecule is CC1(C)C(/C=C/C=C/C=C/C=C2\N(CCCS(=O)(=O)[O-])c3ccc(S(=O)(=O)[O-])cc3C2(C)CCCCCC(=O)ON2C(=O)CCC2=O)=[N+](CCCS(=O)(=O)[O-])c2ccc(SOO[O-])cc21. The summed E-state index contributed by atoms with van der Waals surface area (Å²) >= 11 is 0.727. The molecule has 3 aliphatic heterocycles. The minimum Gasteiger partial charge on any atom is -0.748 e. The van der Waals surface area contributed by atoms with Gasteiger partial charge in [-0.2, -0.15) is 8.91 Å². The Kier molecular flexibility index (Phi) is 16.9. The predicted molar refractivity (Wildman–Crippen MR) is 231 cm³/mol. The number of rotatable bonds is 23. The molecule has 0 bridgehead atoms. The lowest BCUT2D eigenvalue weighted by Gasteiger charge is -2.31. The van der Waals surface area contributed by atoms with E-state index in [1.807, 2.05) is 37.5 Å². The number of hydrogen-bond donors (Lipinski definition) is 0. The van der Waals surface area contributed by atoms with Crippen LogP contribution in [-0.2, 0) is 69.8 Å². The van der Waals surface area contributed by atoms with E-state index >= 15 is 0 Å². The van der Waals surface area contributed by atoms with Crippen LogP contribution in [0.4, 0.5) is 11.4 Å². The summed E-state index contributed by atoms with van der Waals surface area (Å²) in [5.74, 6) is -3.16. The second-order valence-corrected chi connectivity index (χ2v) is 21.4. The molecule has 0 radical (unpaired) electrons. The molecule has 2 aromatic rings. The number of hydrogen-bond acceptors (Lipinski definition) is 18. The van der Waals surface area contributed by atoms with E-state index in [1.54, 1.807) is 53.5 Å². The summed E-state index contributed by atoms with van der Waals surface area (Å²) in [5.41, 5.74) is 2.44. The first-order valence-electron chi connectivity index (χ1n) is 20.4. The fourth-order valence-corrected chi connectivity index (χ4v) is 10.1. The van der Waals surface area contributed by atoms with Gasteiger partial charge in [-0.25, -0.2) is 30.0 Å². The predicted octanol–water partition coefficient (Wildman–Crippen LogP) is 3.96. The second kappa shape index (κ2) is 21.4. The minimum absolute atomic E-state index is 0.0399. The van der Waals surface area contributed by atoms with Crippen LogP contribution in [0, 0.1) is 0 Å². The molecule has 0 aromatic heterocycles. The van der Waals surface area contributed by atoms with Crippen LogP contribution in [-0.4, -0.2) is 96.6 Å². The number of carbonyl (C=O) groups is 3. The lowest BCUT2D eigenvalue weighted by Crippen LogP contribution is -2.32. The van der Waals surface area contributed by atoms with Crippen LogP contribution in [0.1, 0.15) is 89.7 Å². The summed E-state index contributed by atoms with van der Waals surface area (Å²) in [7, 11) is -13.9. The van der Waals surface area contributed by atoms with Gasteiger partial charge in [0.15, 0.2) is 5.71 Å². The Morgan fingerprint density at radius 1 is 0.815 bits per heavy atom. The van der Waals surface area contributed by atoms with Gasteiger partial charge in [0.25, 0.3) is 11.8 Å². The topological polar surface area (TPSA) is 283 Å². The molecule has 354 valence electrons. The van der Waals surface area contributed by atoms with Gasteiger partial charge in [0.1, 0.15) is 16.7 Å². The van der Waals surface area contributed by atoms with Gasteiger partial charge in [0.05, 0.1) is 42.6 Å². The summed E-state index contributed by atoms with van der Waals surface area (Å²) in [4.78, 5) is 43.0. The van der Waals surface area contributed by atoms with Gasteiger partial charge in [0.2, 0.25) is 5.69 Å². The maximum Gasteiger partial charge on any atom is 0.333 e. The third-order valence-corrected chi connectivity index (χ3v) is 14.3. The van der Waals surface area contributed by atoms with Crippen LogP contribution in [0.5, 0.6) is 0 Å². The highest BCUT2D eigenvalue weighted by Gasteiger charge is 2.45. The van der Waals surface area contributed by atoms with E-state index < -0.39 is 75.4 Å². The van der Waals surface area contributed by atoms with Gasteiger partial charge < -0.3 is 28.7 Å². The molecule has 1 unspecified atom stereocenters. The number of allylic oxidation sites excluding steroid dienone is 8. The van der Waals surface area contributed by atoms with Crippen molar-refractivity contribution in [2.75, 3.05) is 29.5 Å². The molecule has 2 aromatic carbocycles. The Hall–Kier alpha value is -4.56. The number of anilines is 1. The van der Waals surface area contributed by atoms with Crippen molar-refractivity contribution < 1.29 is 77.3 Å². The van der Waals surface area contributed by atoms with E-state index in [9.17, 15) is 58.6 Å². The molecular weight excluding hydrogens is 931 g/mol. The van der Waals surface area contributed by atoms with Crippen LogP contribution >= 0.6 is 12.0 Å². The lowest BCUT2D eigenvalue weighted by molar-refractivity contribution is -0.777. The number of unbranched alkanes of at least 4 members (excludes halogenated alkanes) is 2. The Labute approximate surface area is 382 Å². The monoisotopic (exact) mass is 978 g/mol. The van der Waals surface area contributed by atoms with Crippen LogP contribution in [0.25, 0.3) is 0 Å². The fraction of sp³-hybridized carbons (Fsp3) is 0.429. The minimum atomic E-state index is -4.88. The fourth-order valence-electron chi connectivity index (χ4n) is 8.21. The van der Waals surface area contributed by atoms with E-state index in [-0.39, 0.29) is 45.2 Å². The summed E-state index contributed by atoms with van der Waals surface area (Å²) in [6.45, 7) is 6.05. The van der Waals surface area contributed by atoms with E-state index in [1.165, 1.54) is 18.2 Å². The van der Waals surface area contributed by atoms with Crippen molar-refractivity contribution in [3.8, 4) is 0 Å². The van der Waals surface area contributed by atoms with Crippen molar-refractivity contribution in [1.29, 1.82) is 0 Å². The van der Waals surface area contributed by atoms with E-state index in [0.29, 0.717) is 52.6 Å². The maximum absolute atomic E-state index is 12.4. The Bertz CT molecular complexity index is 2640. The zero-order chi connectivity index (χ0) is 47.8. The Morgan fingerprint density at radius 2 is 1.48 bits per heavy atom. The summed E-state index contributed by atoms with van der Waals surface area (Å²) in [6, 6.07) is 9.25. The van der Waals surface area contributed by atoms with Crippen molar-refractivity contribution in [1.82, 2.24) is 5.06 Å². The van der Waals surface area contributed by atoms with Crippen molar-refractivity contribution in [2.24, 2.45) is 0 Å². The third-order valence-electron chi connectivity index (χ3n) is 11.3. The second-order valence-electron chi connectivity index (χ2n) is 16.2. The van der Waals surface area contributed by atoms with Gasteiger partial charge in [0, 0.05) is 83.1 Å². The third kappa shape index (κ3) is 13.3. The quantitative estimate of drug-likeness (QED) is 0.0223. The maximum atomic E-state index is 12.4. The molecule has 19 nitrogen and oxygen atoms in total. The molecule has 1 fully saturated rings. The number of fused-ring (bicyclic) bond motifs is 2. The molecule has 3 heterocycles. The first-order valence-corrected chi connectivity index (χ1v) is 25.7. The van der Waals surface area contributed by atoms with Crippen molar-refractivity contribution >= 4 is 77.3 Å². The number of imide groups is 1. The van der Waals surface area contributed by atoms with Crippen molar-refractivity contribution in [2.45, 2.75) is 99.2 Å². The number of benzene rings is 2. The van der Waals surface area contributed by atoms with Crippen LogP contribution in [0.2, 0.25) is 0 Å². The first kappa shape index (κ1) is 51.4. The van der Waals surface area contributed by atoms with Crippen LogP contribution in [0.3, 0.4) is 0 Å². The molecule has 65 heavy (non-hydrogen) atoms. The molecule has 5 rings (SSSR count). The summed E-state index contributed by atoms with van der Waals surface area (Å²) < 4.78 is 112. The van der Waals surface area contributed by atoms with Gasteiger partial charge >= 0.3 is 5.97 Å². The highest BCUT2D eigenvalue weighted by Crippen LogP contribution is 2.51. The molecule has 1 saturated heterocycles. The normalized spacial score (nSPS) is 19.5. The van der Waals surface area contributed by atoms with Crippen molar-refractivity contribution in [3.05, 3.63) is 95.8 Å². The zero-order valence-electron chi connectivity index (χ0n) is 35.7. The molecule has 0 saturated carbocycles. The molecular formula is C42H48N3O16S4-3. The molecule has 0 N–H and O–H groups in total. The Morgan fingerprint density at radius 3 is 2.14 bits per heavy atom. The smallest absolute Gasteiger partial charge is 0.333 e. The molecule has 0 spiro atoms. The zero-order valence-corrected chi connectivity index (χ0v) is 39.0. The van der Waals surface area contributed by atoms with Crippen LogP contribution < -0.4 is 10.2 Å². The van der Waals surface area contributed by atoms with Crippen molar-refractivity contribution in [3.63, 3.8) is 0 Å². The van der Waals surface area contributed by atoms with Crippen LogP contribution in [0.15, 0.2) is 94.4 Å². The summed E-state index contributed by atoms with van der Waals surface area (Å²) in [6.07, 6.45) is 13.7. The number of carbonyl (C=O) groups excluding carboxylic acids is 3. The first-order chi connectivity index (χ1) is 30.5. The number of nitrogens with zero attached hydrogens (tertiary/aromatic N) is 3. The highest BCUT2D eigenvalue weighted by molar-refractivity contribution is 7.94. The van der Waals surface area contributed by atoms with Gasteiger partial charge in [-0.3, -0.25) is 14.6 Å². The average Bonchev–Trinajstić information content (AvgIpc) is 3.73. The van der Waals surface area contributed by atoms with Gasteiger partial charge in [-0.1, -0.05) is 43.2 Å². The molecule has 0 aliphatic carbocycles. The van der Waals surface area contributed by atoms with Gasteiger partial charge in [-0.05, 0) is 82.0 Å². The van der Waals surface area contributed by atoms with E-state index in [2.05, 4.69) is 9.37 Å². The largest absolute Gasteiger partial charge is 0.748 e. The molecule has 1 atom stereocenters. The lowest BCUT2D eigenvalue weighted by atomic mass is 9.77. The molecule has 23 heteroatoms. The standard InChI is InChI=1S/C42H51N3O16S4/c1-41(2)32-28-30(62-61-60-49)17-19-34(32)43(24-12-26-63(50,51)52)36(41)14-8-5-4-6-9-15-37-42(3,23-11-7-10-16-40(48)59-45-38(46)21-22-39(45)47)33-29-31(65(56,57)58)18-20-35(33)44(37)25-13-27-64(53,54)55/h4-6,8-9,14-15,17-20,28-29H,7,10-13,16,21-27H2,1-3H3,(H3-,49,50,51,52,53,54,55,56,57,58)/p-3. The Balaban J connectivity index is 1.40. The van der Waals surface area contributed by atoms with E-state index in [0.717, 1.165) is 29.0 Å². The molecule has 2 amide bonds. The highest BCUT2D eigenvalue weighted by atomic mass is 32.2. The summed E-state index contributed by atoms with van der Waals surface area (Å²) in [5, 5.41) is 14.4. The number of hydroxylamine groups is 2. The van der Waals surface area contributed by atoms with Gasteiger partial charge in [-0.15, -0.1) is 5.06 Å². The number of amides is 2. The molecule has 3 aliphatic rings.